The van der Waals surface area contributed by atoms with E-state index in [9.17, 15) is 8.78 Å². The molecule has 1 aromatic carbocycles. The molecule has 0 bridgehead atoms. The maximum Gasteiger partial charge on any atom is 0.236 e. The van der Waals surface area contributed by atoms with E-state index < -0.39 is 15.9 Å². The molecule has 0 N–H and O–H groups in total. The zero-order valence-electron chi connectivity index (χ0n) is 6.13. The van der Waals surface area contributed by atoms with Crippen LogP contribution in [0, 0.1) is 0 Å². The van der Waals surface area contributed by atoms with E-state index in [4.69, 9.17) is 0 Å². The highest BCUT2D eigenvalue weighted by Gasteiger charge is 2.02. The van der Waals surface area contributed by atoms with Crippen LogP contribution in [0.4, 0.5) is 8.78 Å². The van der Waals surface area contributed by atoms with Crippen LogP contribution >= 0.6 is 0 Å². The minimum atomic E-state index is -2.12. The average Bonchev–Trinajstić information content (AvgIpc) is 2.03. The van der Waals surface area contributed by atoms with Crippen LogP contribution in [-0.4, -0.2) is 15.9 Å². The zero-order valence-corrected chi connectivity index (χ0v) is 7.55. The fourth-order valence-electron chi connectivity index (χ4n) is 0.920. The van der Waals surface area contributed by atoms with Crippen LogP contribution in [0.5, 0.6) is 0 Å². The van der Waals surface area contributed by atoms with Crippen molar-refractivity contribution in [3.05, 3.63) is 30.3 Å². The van der Waals surface area contributed by atoms with Gasteiger partial charge in [0.1, 0.15) is 0 Å². The minimum Gasteiger partial charge on any atom is -0.211 e. The Balaban J connectivity index is 2.39. The quantitative estimate of drug-likeness (QED) is 0.600. The Morgan fingerprint density at radius 3 is 2.36 bits per heavy atom. The molecule has 0 nitrogen and oxygen atoms in total. The molecule has 0 aliphatic rings. The molecule has 0 radical (unpaired) electrons. The Hall–Kier alpha value is -0.703. The molecule has 3 heteroatoms. The lowest BCUT2D eigenvalue weighted by Crippen LogP contribution is -2.15. The predicted octanol–water partition coefficient (Wildman–Crippen LogP) is 1.16. The molecule has 0 aliphatic carbocycles. The summed E-state index contributed by atoms with van der Waals surface area (Å²) in [6.45, 7) is 0. The molecule has 1 rings (SSSR count). The monoisotopic (exact) mass is 172 g/mol. The van der Waals surface area contributed by atoms with Crippen LogP contribution in [0.25, 0.3) is 0 Å². The fourth-order valence-corrected chi connectivity index (χ4v) is 2.08. The van der Waals surface area contributed by atoms with Crippen LogP contribution in [-0.2, 0) is 0 Å². The summed E-state index contributed by atoms with van der Waals surface area (Å²) in [5.74, 6) is 0. The van der Waals surface area contributed by atoms with Gasteiger partial charge in [-0.1, -0.05) is 35.5 Å². The first-order valence-corrected chi connectivity index (χ1v) is 5.32. The molecular formula is C8H10F2Si. The summed E-state index contributed by atoms with van der Waals surface area (Å²) < 4.78 is 23.5. The van der Waals surface area contributed by atoms with Gasteiger partial charge in [-0.3, -0.25) is 0 Å². The van der Waals surface area contributed by atoms with Crippen molar-refractivity contribution in [1.82, 2.24) is 0 Å². The average molecular weight is 172 g/mol. The van der Waals surface area contributed by atoms with Gasteiger partial charge in [0.2, 0.25) is 6.43 Å². The number of halogens is 2. The smallest absolute Gasteiger partial charge is 0.211 e. The van der Waals surface area contributed by atoms with Gasteiger partial charge in [0.15, 0.2) is 0 Å². The molecule has 0 atom stereocenters. The Labute approximate surface area is 67.1 Å². The van der Waals surface area contributed by atoms with Crippen LogP contribution in [0.1, 0.15) is 0 Å². The van der Waals surface area contributed by atoms with Crippen molar-refractivity contribution in [2.45, 2.75) is 12.5 Å². The third-order valence-corrected chi connectivity index (χ3v) is 3.27. The van der Waals surface area contributed by atoms with Crippen molar-refractivity contribution < 1.29 is 8.78 Å². The van der Waals surface area contributed by atoms with E-state index in [1.807, 2.05) is 30.3 Å². The third-order valence-electron chi connectivity index (χ3n) is 1.49. The van der Waals surface area contributed by atoms with Gasteiger partial charge in [0.05, 0.1) is 9.52 Å². The lowest BCUT2D eigenvalue weighted by molar-refractivity contribution is 0.171. The standard InChI is InChI=1S/C8H10F2Si/c9-8(10)6-11-7-4-2-1-3-5-7/h1-5,8H,6,11H2. The molecule has 60 valence electrons. The summed E-state index contributed by atoms with van der Waals surface area (Å²) in [5.41, 5.74) is 0. The molecule has 11 heavy (non-hydrogen) atoms. The lowest BCUT2D eigenvalue weighted by Gasteiger charge is -1.97. The Morgan fingerprint density at radius 1 is 1.18 bits per heavy atom. The number of rotatable bonds is 3. The van der Waals surface area contributed by atoms with E-state index in [0.717, 1.165) is 5.19 Å². The van der Waals surface area contributed by atoms with Crippen LogP contribution in [0.2, 0.25) is 6.04 Å². The summed E-state index contributed by atoms with van der Waals surface area (Å²) in [6, 6.07) is 9.65. The fraction of sp³-hybridized carbons (Fsp3) is 0.250. The first-order chi connectivity index (χ1) is 5.29. The second-order valence-corrected chi connectivity index (χ2v) is 4.31. The van der Waals surface area contributed by atoms with E-state index >= 15 is 0 Å². The molecule has 0 saturated heterocycles. The third kappa shape index (κ3) is 3.27. The van der Waals surface area contributed by atoms with E-state index in [0.29, 0.717) is 0 Å². The second-order valence-electron chi connectivity index (χ2n) is 2.42. The second kappa shape index (κ2) is 4.23. The van der Waals surface area contributed by atoms with Crippen LogP contribution in [0.3, 0.4) is 0 Å². The van der Waals surface area contributed by atoms with E-state index in [2.05, 4.69) is 0 Å². The van der Waals surface area contributed by atoms with Crippen LogP contribution in [0.15, 0.2) is 30.3 Å². The van der Waals surface area contributed by atoms with Crippen LogP contribution < -0.4 is 5.19 Å². The maximum absolute atomic E-state index is 11.8. The Morgan fingerprint density at radius 2 is 1.82 bits per heavy atom. The molecule has 0 amide bonds. The van der Waals surface area contributed by atoms with Gasteiger partial charge in [-0.25, -0.2) is 8.78 Å². The van der Waals surface area contributed by atoms with Crippen molar-refractivity contribution in [2.75, 3.05) is 0 Å². The summed E-state index contributed by atoms with van der Waals surface area (Å²) in [4.78, 5) is 0. The van der Waals surface area contributed by atoms with Gasteiger partial charge in [-0.2, -0.15) is 0 Å². The number of hydrogen-bond acceptors (Lipinski definition) is 0. The van der Waals surface area contributed by atoms with Gasteiger partial charge >= 0.3 is 0 Å². The largest absolute Gasteiger partial charge is 0.236 e. The van der Waals surface area contributed by atoms with Gasteiger partial charge in [0.25, 0.3) is 0 Å². The molecule has 0 aromatic heterocycles. The number of hydrogen-bond donors (Lipinski definition) is 0. The first-order valence-electron chi connectivity index (χ1n) is 3.61. The van der Waals surface area contributed by atoms with E-state index in [-0.39, 0.29) is 6.04 Å². The van der Waals surface area contributed by atoms with Gasteiger partial charge in [-0.05, 0) is 0 Å². The Kier molecular flexibility index (Phi) is 3.23. The molecule has 0 unspecified atom stereocenters. The van der Waals surface area contributed by atoms with Gasteiger partial charge in [0, 0.05) is 6.04 Å². The van der Waals surface area contributed by atoms with Gasteiger partial charge < -0.3 is 0 Å². The molecule has 0 fully saturated rings. The SMILES string of the molecule is FC(F)C[SiH2]c1ccccc1. The molecule has 0 aliphatic heterocycles. The highest BCUT2D eigenvalue weighted by Crippen LogP contribution is 1.97. The van der Waals surface area contributed by atoms with E-state index in [1.54, 1.807) is 0 Å². The summed E-state index contributed by atoms with van der Waals surface area (Å²) >= 11 is 0. The molecule has 0 spiro atoms. The van der Waals surface area contributed by atoms with Crippen molar-refractivity contribution in [1.29, 1.82) is 0 Å². The summed E-state index contributed by atoms with van der Waals surface area (Å²) in [7, 11) is -0.709. The lowest BCUT2D eigenvalue weighted by atomic mass is 10.4. The summed E-state index contributed by atoms with van der Waals surface area (Å²) in [6.07, 6.45) is -2.12. The molecule has 1 aromatic rings. The van der Waals surface area contributed by atoms with E-state index in [1.165, 1.54) is 0 Å². The first kappa shape index (κ1) is 8.39. The van der Waals surface area contributed by atoms with Crippen molar-refractivity contribution >= 4 is 14.7 Å². The van der Waals surface area contributed by atoms with Crippen molar-refractivity contribution in [2.24, 2.45) is 0 Å². The normalized spacial score (nSPS) is 11.5. The minimum absolute atomic E-state index is 0.101. The highest BCUT2D eigenvalue weighted by atomic mass is 28.2. The topological polar surface area (TPSA) is 0 Å². The maximum atomic E-state index is 11.8. The zero-order chi connectivity index (χ0) is 8.10. The number of benzene rings is 1. The van der Waals surface area contributed by atoms with Gasteiger partial charge in [-0.15, -0.1) is 0 Å². The molecule has 0 heterocycles. The predicted molar refractivity (Wildman–Crippen MR) is 45.4 cm³/mol. The Bertz CT molecular complexity index is 199. The van der Waals surface area contributed by atoms with Crippen molar-refractivity contribution in [3.8, 4) is 0 Å². The number of alkyl halides is 2. The highest BCUT2D eigenvalue weighted by molar-refractivity contribution is 6.53. The van der Waals surface area contributed by atoms with Crippen molar-refractivity contribution in [3.63, 3.8) is 0 Å². The molecular weight excluding hydrogens is 162 g/mol. The summed E-state index contributed by atoms with van der Waals surface area (Å²) in [5, 5.41) is 1.12. The molecule has 0 saturated carbocycles.